The van der Waals surface area contributed by atoms with Gasteiger partial charge < -0.3 is 5.11 Å². The van der Waals surface area contributed by atoms with Crippen LogP contribution in [0.2, 0.25) is 0 Å². The minimum absolute atomic E-state index is 0.0585. The molecular weight excluding hydrogens is 312 g/mol. The first-order valence-electron chi connectivity index (χ1n) is 6.12. The number of aromatic carboxylic acids is 1. The smallest absolute Gasteiger partial charge is 0.335 e. The molecule has 0 atom stereocenters. The van der Waals surface area contributed by atoms with E-state index in [1.54, 1.807) is 0 Å². The normalized spacial score (nSPS) is 11.5. The van der Waals surface area contributed by atoms with E-state index in [0.717, 1.165) is 16.8 Å². The van der Waals surface area contributed by atoms with Crippen LogP contribution in [0, 0.1) is 6.92 Å². The molecule has 8 heteroatoms. The van der Waals surface area contributed by atoms with Crippen LogP contribution in [0.3, 0.4) is 0 Å². The van der Waals surface area contributed by atoms with Crippen molar-refractivity contribution in [3.63, 3.8) is 0 Å². The van der Waals surface area contributed by atoms with Crippen molar-refractivity contribution < 1.29 is 18.3 Å². The first-order chi connectivity index (χ1) is 9.88. The maximum Gasteiger partial charge on any atom is 0.335 e. The molecule has 0 saturated carbocycles. The van der Waals surface area contributed by atoms with Gasteiger partial charge in [-0.2, -0.15) is 0 Å². The van der Waals surface area contributed by atoms with E-state index >= 15 is 0 Å². The third-order valence-electron chi connectivity index (χ3n) is 2.73. The molecule has 0 saturated heterocycles. The third kappa shape index (κ3) is 4.10. The molecule has 0 amide bonds. The Morgan fingerprint density at radius 1 is 1.43 bits per heavy atom. The van der Waals surface area contributed by atoms with Crippen molar-refractivity contribution >= 4 is 27.3 Å². The average Bonchev–Trinajstić information content (AvgIpc) is 2.84. The lowest BCUT2D eigenvalue weighted by atomic mass is 10.2. The lowest BCUT2D eigenvalue weighted by Gasteiger charge is -2.06. The maximum absolute atomic E-state index is 12.1. The van der Waals surface area contributed by atoms with Gasteiger partial charge >= 0.3 is 5.97 Å². The molecule has 2 aromatic rings. The number of nitrogens with one attached hydrogen (secondary N) is 1. The molecule has 0 radical (unpaired) electrons. The second-order valence-corrected chi connectivity index (χ2v) is 7.17. The lowest BCUT2D eigenvalue weighted by molar-refractivity contribution is 0.0696. The van der Waals surface area contributed by atoms with Gasteiger partial charge in [0.25, 0.3) is 0 Å². The molecule has 0 aliphatic rings. The molecule has 0 aliphatic heterocycles. The highest BCUT2D eigenvalue weighted by Gasteiger charge is 2.15. The van der Waals surface area contributed by atoms with Crippen molar-refractivity contribution in [2.24, 2.45) is 0 Å². The molecule has 2 rings (SSSR count). The zero-order chi connectivity index (χ0) is 15.5. The molecular formula is C13H14N2O4S2. The van der Waals surface area contributed by atoms with Crippen molar-refractivity contribution in [1.82, 2.24) is 9.71 Å². The third-order valence-corrected chi connectivity index (χ3v) is 5.01. The Bertz CT molecular complexity index is 753. The number of carboxylic acid groups (broad SMARTS) is 1. The molecule has 112 valence electrons. The van der Waals surface area contributed by atoms with Gasteiger partial charge in [-0.25, -0.2) is 22.9 Å². The van der Waals surface area contributed by atoms with Crippen LogP contribution in [0.1, 0.15) is 21.1 Å². The van der Waals surface area contributed by atoms with E-state index in [1.807, 2.05) is 12.3 Å². The quantitative estimate of drug-likeness (QED) is 0.842. The largest absolute Gasteiger partial charge is 0.478 e. The molecule has 21 heavy (non-hydrogen) atoms. The topological polar surface area (TPSA) is 96.4 Å². The highest BCUT2D eigenvalue weighted by molar-refractivity contribution is 7.89. The van der Waals surface area contributed by atoms with Crippen LogP contribution < -0.4 is 4.72 Å². The Balaban J connectivity index is 2.04. The Hall–Kier alpha value is -1.77. The number of carbonyl (C=O) groups is 1. The predicted octanol–water partition coefficient (Wildman–Crippen LogP) is 1.67. The molecule has 1 aromatic heterocycles. The zero-order valence-corrected chi connectivity index (χ0v) is 12.9. The van der Waals surface area contributed by atoms with Gasteiger partial charge in [-0.3, -0.25) is 0 Å². The molecule has 2 N–H and O–H groups in total. The van der Waals surface area contributed by atoms with E-state index in [-0.39, 0.29) is 17.0 Å². The van der Waals surface area contributed by atoms with Crippen LogP contribution in [-0.2, 0) is 16.4 Å². The minimum Gasteiger partial charge on any atom is -0.478 e. The number of thiazole rings is 1. The fourth-order valence-electron chi connectivity index (χ4n) is 1.72. The van der Waals surface area contributed by atoms with Gasteiger partial charge in [-0.05, 0) is 25.1 Å². The van der Waals surface area contributed by atoms with E-state index in [0.29, 0.717) is 6.42 Å². The van der Waals surface area contributed by atoms with Gasteiger partial charge in [0, 0.05) is 18.3 Å². The standard InChI is InChI=1S/C13H14N2O4S2/c1-9-15-11(8-20-9)5-6-14-21(18,19)12-4-2-3-10(7-12)13(16)17/h2-4,7-8,14H,5-6H2,1H3,(H,16,17). The Morgan fingerprint density at radius 3 is 2.81 bits per heavy atom. The number of aryl methyl sites for hydroxylation is 1. The molecule has 0 bridgehead atoms. The highest BCUT2D eigenvalue weighted by Crippen LogP contribution is 2.12. The predicted molar refractivity (Wildman–Crippen MR) is 79.1 cm³/mol. The zero-order valence-electron chi connectivity index (χ0n) is 11.2. The van der Waals surface area contributed by atoms with Crippen molar-refractivity contribution in [3.05, 3.63) is 45.9 Å². The van der Waals surface area contributed by atoms with Crippen LogP contribution >= 0.6 is 11.3 Å². The number of hydrogen-bond acceptors (Lipinski definition) is 5. The molecule has 0 spiro atoms. The van der Waals surface area contributed by atoms with Gasteiger partial charge in [0.15, 0.2) is 0 Å². The number of rotatable bonds is 6. The number of carboxylic acids is 1. The van der Waals surface area contributed by atoms with Gasteiger partial charge in [-0.15, -0.1) is 11.3 Å². The summed E-state index contributed by atoms with van der Waals surface area (Å²) in [7, 11) is -3.72. The molecule has 0 aliphatic carbocycles. The van der Waals surface area contributed by atoms with Crippen molar-refractivity contribution in [2.45, 2.75) is 18.2 Å². The highest BCUT2D eigenvalue weighted by atomic mass is 32.2. The van der Waals surface area contributed by atoms with Crippen LogP contribution in [0.15, 0.2) is 34.5 Å². The van der Waals surface area contributed by atoms with Gasteiger partial charge in [0.1, 0.15) is 0 Å². The van der Waals surface area contributed by atoms with E-state index in [4.69, 9.17) is 5.11 Å². The molecule has 0 unspecified atom stereocenters. The Morgan fingerprint density at radius 2 is 2.19 bits per heavy atom. The molecule has 1 heterocycles. The van der Waals surface area contributed by atoms with E-state index in [1.165, 1.54) is 29.5 Å². The maximum atomic E-state index is 12.1. The van der Waals surface area contributed by atoms with E-state index < -0.39 is 16.0 Å². The SMILES string of the molecule is Cc1nc(CCNS(=O)(=O)c2cccc(C(=O)O)c2)cs1. The number of nitrogens with zero attached hydrogens (tertiary/aromatic N) is 1. The lowest BCUT2D eigenvalue weighted by Crippen LogP contribution is -2.26. The van der Waals surface area contributed by atoms with Crippen molar-refractivity contribution in [3.8, 4) is 0 Å². The second-order valence-electron chi connectivity index (χ2n) is 4.34. The summed E-state index contributed by atoms with van der Waals surface area (Å²) in [6.07, 6.45) is 0.488. The minimum atomic E-state index is -3.72. The van der Waals surface area contributed by atoms with Crippen LogP contribution in [0.25, 0.3) is 0 Å². The second kappa shape index (κ2) is 6.33. The molecule has 0 fully saturated rings. The summed E-state index contributed by atoms with van der Waals surface area (Å²) >= 11 is 1.51. The summed E-state index contributed by atoms with van der Waals surface area (Å²) in [5, 5.41) is 11.7. The fourth-order valence-corrected chi connectivity index (χ4v) is 3.44. The number of sulfonamides is 1. The van der Waals surface area contributed by atoms with Gasteiger partial charge in [0.05, 0.1) is 21.2 Å². The van der Waals surface area contributed by atoms with E-state index in [9.17, 15) is 13.2 Å². The summed E-state index contributed by atoms with van der Waals surface area (Å²) in [5.41, 5.74) is 0.771. The number of aromatic nitrogens is 1. The van der Waals surface area contributed by atoms with Crippen LogP contribution in [0.4, 0.5) is 0 Å². The number of benzene rings is 1. The number of hydrogen-bond donors (Lipinski definition) is 2. The Labute approximate surface area is 126 Å². The van der Waals surface area contributed by atoms with Gasteiger partial charge in [-0.1, -0.05) is 6.07 Å². The summed E-state index contributed by atoms with van der Waals surface area (Å²) < 4.78 is 26.6. The van der Waals surface area contributed by atoms with Gasteiger partial charge in [0.2, 0.25) is 10.0 Å². The summed E-state index contributed by atoms with van der Waals surface area (Å²) in [6.45, 7) is 2.10. The van der Waals surface area contributed by atoms with Crippen molar-refractivity contribution in [2.75, 3.05) is 6.54 Å². The van der Waals surface area contributed by atoms with Crippen LogP contribution in [-0.4, -0.2) is 31.0 Å². The fraction of sp³-hybridized carbons (Fsp3) is 0.231. The summed E-state index contributed by atoms with van der Waals surface area (Å²) in [4.78, 5) is 15.0. The molecule has 6 nitrogen and oxygen atoms in total. The summed E-state index contributed by atoms with van der Waals surface area (Å²) in [5.74, 6) is -1.16. The Kier molecular flexibility index (Phi) is 4.71. The summed E-state index contributed by atoms with van der Waals surface area (Å²) in [6, 6.07) is 5.25. The first kappa shape index (κ1) is 15.6. The van der Waals surface area contributed by atoms with Crippen LogP contribution in [0.5, 0.6) is 0 Å². The average molecular weight is 326 g/mol. The monoisotopic (exact) mass is 326 g/mol. The van der Waals surface area contributed by atoms with E-state index in [2.05, 4.69) is 9.71 Å². The molecule has 1 aromatic carbocycles. The van der Waals surface area contributed by atoms with Crippen molar-refractivity contribution in [1.29, 1.82) is 0 Å². The first-order valence-corrected chi connectivity index (χ1v) is 8.49.